The minimum absolute atomic E-state index is 0.267. The molecule has 0 unspecified atom stereocenters. The van der Waals surface area contributed by atoms with Gasteiger partial charge in [-0.25, -0.2) is 0 Å². The fourth-order valence-corrected chi connectivity index (χ4v) is 1.23. The highest BCUT2D eigenvalue weighted by Crippen LogP contribution is 2.32. The molecular weight excluding hydrogens is 203 g/mol. The van der Waals surface area contributed by atoms with Crippen LogP contribution in [0.4, 0.5) is 13.2 Å². The first-order valence-corrected chi connectivity index (χ1v) is 4.28. The molecule has 1 aromatic rings. The van der Waals surface area contributed by atoms with Gasteiger partial charge in [-0.15, -0.1) is 0 Å². The van der Waals surface area contributed by atoms with Crippen molar-refractivity contribution in [3.05, 3.63) is 40.8 Å². The van der Waals surface area contributed by atoms with Crippen LogP contribution in [-0.2, 0) is 6.18 Å². The Morgan fingerprint density at radius 2 is 1.87 bits per heavy atom. The van der Waals surface area contributed by atoms with Crippen molar-refractivity contribution in [1.29, 1.82) is 5.26 Å². The van der Waals surface area contributed by atoms with Gasteiger partial charge < -0.3 is 0 Å². The van der Waals surface area contributed by atoms with Crippen LogP contribution in [0.3, 0.4) is 0 Å². The lowest BCUT2D eigenvalue weighted by atomic mass is 9.95. The molecule has 0 bridgehead atoms. The Bertz CT molecular complexity index is 399. The molecule has 0 amide bonds. The summed E-state index contributed by atoms with van der Waals surface area (Å²) in [6.45, 7) is 3.35. The number of benzene rings is 1. The van der Waals surface area contributed by atoms with E-state index < -0.39 is 11.7 Å². The maximum atomic E-state index is 12.4. The Labute approximate surface area is 86.1 Å². The van der Waals surface area contributed by atoms with Gasteiger partial charge in [0, 0.05) is 5.92 Å². The molecule has 0 saturated carbocycles. The average Bonchev–Trinajstić information content (AvgIpc) is 2.15. The molecule has 0 atom stereocenters. The van der Waals surface area contributed by atoms with E-state index in [4.69, 9.17) is 5.26 Å². The van der Waals surface area contributed by atoms with E-state index in [1.165, 1.54) is 6.07 Å². The van der Waals surface area contributed by atoms with Crippen molar-refractivity contribution in [1.82, 2.24) is 0 Å². The Morgan fingerprint density at radius 1 is 1.27 bits per heavy atom. The minimum Gasteiger partial charge on any atom is -0.192 e. The van der Waals surface area contributed by atoms with E-state index in [1.807, 2.05) is 6.07 Å². The van der Waals surface area contributed by atoms with E-state index in [0.29, 0.717) is 11.5 Å². The van der Waals surface area contributed by atoms with Gasteiger partial charge >= 0.3 is 6.18 Å². The summed E-state index contributed by atoms with van der Waals surface area (Å²) >= 11 is 0. The standard InChI is InChI=1S/C11H9F3N/c1-7(2)10-5-9(11(12,13)14)4-3-8(10)6-15/h3-5H,1-2H3. The molecular formula is C11H9F3N. The number of hydrogen-bond acceptors (Lipinski definition) is 1. The monoisotopic (exact) mass is 212 g/mol. The van der Waals surface area contributed by atoms with Crippen LogP contribution in [0, 0.1) is 17.2 Å². The number of hydrogen-bond donors (Lipinski definition) is 0. The van der Waals surface area contributed by atoms with E-state index in [1.54, 1.807) is 13.8 Å². The van der Waals surface area contributed by atoms with Crippen molar-refractivity contribution in [2.24, 2.45) is 0 Å². The largest absolute Gasteiger partial charge is 0.416 e. The summed E-state index contributed by atoms with van der Waals surface area (Å²) in [5, 5.41) is 8.72. The molecule has 1 rings (SSSR count). The second-order valence-electron chi connectivity index (χ2n) is 3.37. The summed E-state index contributed by atoms with van der Waals surface area (Å²) in [5.74, 6) is 0.692. The van der Waals surface area contributed by atoms with Gasteiger partial charge in [-0.2, -0.15) is 18.4 Å². The zero-order chi connectivity index (χ0) is 11.6. The Hall–Kier alpha value is -1.50. The van der Waals surface area contributed by atoms with Crippen LogP contribution in [-0.4, -0.2) is 0 Å². The maximum absolute atomic E-state index is 12.4. The van der Waals surface area contributed by atoms with E-state index in [2.05, 4.69) is 0 Å². The molecule has 0 saturated heterocycles. The highest BCUT2D eigenvalue weighted by atomic mass is 19.4. The number of rotatable bonds is 1. The predicted octanol–water partition coefficient (Wildman–Crippen LogP) is 3.54. The first-order valence-electron chi connectivity index (χ1n) is 4.28. The van der Waals surface area contributed by atoms with Crippen LogP contribution < -0.4 is 0 Å². The lowest BCUT2D eigenvalue weighted by Crippen LogP contribution is -2.07. The third-order valence-corrected chi connectivity index (χ3v) is 2.01. The third-order valence-electron chi connectivity index (χ3n) is 2.01. The summed E-state index contributed by atoms with van der Waals surface area (Å²) in [6.07, 6.45) is -4.36. The molecule has 1 nitrogen and oxygen atoms in total. The molecule has 1 radical (unpaired) electrons. The van der Waals surface area contributed by atoms with Crippen molar-refractivity contribution in [3.8, 4) is 6.07 Å². The van der Waals surface area contributed by atoms with Crippen molar-refractivity contribution in [2.45, 2.75) is 20.0 Å². The summed E-state index contributed by atoms with van der Waals surface area (Å²) in [7, 11) is 0. The topological polar surface area (TPSA) is 23.8 Å². The highest BCUT2D eigenvalue weighted by molar-refractivity contribution is 5.47. The average molecular weight is 212 g/mol. The van der Waals surface area contributed by atoms with Crippen molar-refractivity contribution in [2.75, 3.05) is 0 Å². The van der Waals surface area contributed by atoms with Crippen LogP contribution in [0.5, 0.6) is 0 Å². The lowest BCUT2D eigenvalue weighted by molar-refractivity contribution is -0.137. The van der Waals surface area contributed by atoms with Crippen LogP contribution in [0.15, 0.2) is 18.2 Å². The van der Waals surface area contributed by atoms with Gasteiger partial charge in [0.15, 0.2) is 0 Å². The Kier molecular flexibility index (Phi) is 3.04. The van der Waals surface area contributed by atoms with Crippen LogP contribution in [0.25, 0.3) is 0 Å². The highest BCUT2D eigenvalue weighted by Gasteiger charge is 2.31. The van der Waals surface area contributed by atoms with Crippen molar-refractivity contribution < 1.29 is 13.2 Å². The Balaban J connectivity index is 3.30. The second-order valence-corrected chi connectivity index (χ2v) is 3.37. The van der Waals surface area contributed by atoms with Gasteiger partial charge in [-0.1, -0.05) is 13.8 Å². The van der Waals surface area contributed by atoms with Crippen LogP contribution in [0.1, 0.15) is 30.5 Å². The number of nitrogens with zero attached hydrogens (tertiary/aromatic N) is 1. The van der Waals surface area contributed by atoms with Gasteiger partial charge in [-0.3, -0.25) is 0 Å². The lowest BCUT2D eigenvalue weighted by Gasteiger charge is -2.12. The molecule has 0 heterocycles. The molecule has 0 aliphatic heterocycles. The third kappa shape index (κ3) is 2.50. The minimum atomic E-state index is -4.36. The van der Waals surface area contributed by atoms with Crippen molar-refractivity contribution >= 4 is 0 Å². The molecule has 0 N–H and O–H groups in total. The van der Waals surface area contributed by atoms with E-state index in [0.717, 1.165) is 12.1 Å². The fraction of sp³-hybridized carbons (Fsp3) is 0.273. The van der Waals surface area contributed by atoms with Gasteiger partial charge in [-0.05, 0) is 23.8 Å². The number of nitriles is 1. The smallest absolute Gasteiger partial charge is 0.192 e. The SMILES string of the molecule is C[C](C)c1cc(C(F)(F)F)ccc1C#N. The summed E-state index contributed by atoms with van der Waals surface area (Å²) in [5.41, 5.74) is -0.104. The molecule has 0 fully saturated rings. The predicted molar refractivity (Wildman–Crippen MR) is 49.9 cm³/mol. The zero-order valence-corrected chi connectivity index (χ0v) is 8.31. The second kappa shape index (κ2) is 3.93. The molecule has 15 heavy (non-hydrogen) atoms. The molecule has 1 aromatic carbocycles. The number of alkyl halides is 3. The molecule has 4 heteroatoms. The van der Waals surface area contributed by atoms with E-state index >= 15 is 0 Å². The first kappa shape index (κ1) is 11.6. The zero-order valence-electron chi connectivity index (χ0n) is 8.31. The number of halogens is 3. The summed E-state index contributed by atoms with van der Waals surface area (Å²) < 4.78 is 37.1. The van der Waals surface area contributed by atoms with Crippen LogP contribution in [0.2, 0.25) is 0 Å². The fourth-order valence-electron chi connectivity index (χ4n) is 1.23. The molecule has 0 aromatic heterocycles. The quantitative estimate of drug-likeness (QED) is 0.698. The molecule has 79 valence electrons. The van der Waals surface area contributed by atoms with Gasteiger partial charge in [0.05, 0.1) is 17.2 Å². The van der Waals surface area contributed by atoms with Gasteiger partial charge in [0.2, 0.25) is 0 Å². The van der Waals surface area contributed by atoms with E-state index in [9.17, 15) is 13.2 Å². The van der Waals surface area contributed by atoms with Gasteiger partial charge in [0.1, 0.15) is 0 Å². The maximum Gasteiger partial charge on any atom is 0.416 e. The normalized spacial score (nSPS) is 11.5. The Morgan fingerprint density at radius 3 is 2.27 bits per heavy atom. The first-order chi connectivity index (χ1) is 6.86. The molecule has 0 aliphatic rings. The molecule has 0 spiro atoms. The summed E-state index contributed by atoms with van der Waals surface area (Å²) in [4.78, 5) is 0. The molecule has 0 aliphatic carbocycles. The van der Waals surface area contributed by atoms with Gasteiger partial charge in [0.25, 0.3) is 0 Å². The van der Waals surface area contributed by atoms with E-state index in [-0.39, 0.29) is 5.56 Å². The van der Waals surface area contributed by atoms with Crippen LogP contribution >= 0.6 is 0 Å². The summed E-state index contributed by atoms with van der Waals surface area (Å²) in [6, 6.07) is 5.00. The van der Waals surface area contributed by atoms with Crippen molar-refractivity contribution in [3.63, 3.8) is 0 Å².